The van der Waals surface area contributed by atoms with E-state index in [0.717, 1.165) is 24.7 Å². The van der Waals surface area contributed by atoms with Crippen molar-refractivity contribution in [3.8, 4) is 0 Å². The molecular weight excluding hydrogens is 256 g/mol. The molecule has 0 amide bonds. The van der Waals surface area contributed by atoms with Crippen LogP contribution >= 0.6 is 0 Å². The van der Waals surface area contributed by atoms with Crippen molar-refractivity contribution >= 4 is 0 Å². The van der Waals surface area contributed by atoms with Crippen LogP contribution in [0.4, 0.5) is 0 Å². The smallest absolute Gasteiger partial charge is 0.0720 e. The van der Waals surface area contributed by atoms with Gasteiger partial charge in [0.2, 0.25) is 0 Å². The summed E-state index contributed by atoms with van der Waals surface area (Å²) in [5.74, 6) is 1.84. The van der Waals surface area contributed by atoms with E-state index < -0.39 is 0 Å². The maximum Gasteiger partial charge on any atom is 0.0720 e. The van der Waals surface area contributed by atoms with Crippen molar-refractivity contribution in [1.29, 1.82) is 0 Å². The fraction of sp³-hybridized carbons (Fsp3) is 0.800. The van der Waals surface area contributed by atoms with Gasteiger partial charge in [-0.2, -0.15) is 0 Å². The maximum atomic E-state index is 9.82. The molecule has 1 aliphatic carbocycles. The molecule has 0 radical (unpaired) electrons. The monoisotopic (exact) mass is 292 g/mol. The van der Waals surface area contributed by atoms with Gasteiger partial charge in [0.15, 0.2) is 0 Å². The first-order chi connectivity index (χ1) is 10.3. The van der Waals surface area contributed by atoms with E-state index in [4.69, 9.17) is 0 Å². The summed E-state index contributed by atoms with van der Waals surface area (Å²) in [5.41, 5.74) is 0. The zero-order valence-corrected chi connectivity index (χ0v) is 14.3. The van der Waals surface area contributed by atoms with Crippen LogP contribution in [0, 0.1) is 11.8 Å². The number of hydrogen-bond acceptors (Lipinski definition) is 1. The summed E-state index contributed by atoms with van der Waals surface area (Å²) in [6, 6.07) is 0. The highest BCUT2D eigenvalue weighted by Gasteiger charge is 2.34. The molecular formula is C20H36O. The summed E-state index contributed by atoms with van der Waals surface area (Å²) < 4.78 is 0. The van der Waals surface area contributed by atoms with Gasteiger partial charge in [-0.15, -0.1) is 0 Å². The first kappa shape index (κ1) is 18.5. The molecule has 0 unspecified atom stereocenters. The minimum absolute atomic E-state index is 0.213. The Balaban J connectivity index is 1.97. The molecule has 1 rings (SSSR count). The largest absolute Gasteiger partial charge is 0.389 e. The van der Waals surface area contributed by atoms with Crippen LogP contribution in [0.15, 0.2) is 24.3 Å². The molecule has 1 fully saturated rings. The topological polar surface area (TPSA) is 20.2 Å². The van der Waals surface area contributed by atoms with Gasteiger partial charge in [-0.05, 0) is 50.4 Å². The van der Waals surface area contributed by atoms with Crippen molar-refractivity contribution in [3.05, 3.63) is 24.3 Å². The minimum atomic E-state index is -0.213. The standard InChI is InChI=1S/C20H36O/c1-3-5-7-8-9-11-13-18-17-19(18)14-12-16-20(21)15-10-6-4-2/h8-9,12,16,18-21H,3-7,10-11,13-15,17H2,1-2H3/b9-8-,16-12+/t18-,19-,20-/m0/s1. The van der Waals surface area contributed by atoms with Crippen LogP contribution in [0.3, 0.4) is 0 Å². The van der Waals surface area contributed by atoms with Crippen LogP contribution in [0.5, 0.6) is 0 Å². The summed E-state index contributed by atoms with van der Waals surface area (Å²) in [5, 5.41) is 9.82. The van der Waals surface area contributed by atoms with E-state index in [-0.39, 0.29) is 6.10 Å². The van der Waals surface area contributed by atoms with Crippen LogP contribution in [0.2, 0.25) is 0 Å². The van der Waals surface area contributed by atoms with Crippen LogP contribution in [-0.2, 0) is 0 Å². The molecule has 21 heavy (non-hydrogen) atoms. The Morgan fingerprint density at radius 2 is 1.71 bits per heavy atom. The molecule has 0 aliphatic heterocycles. The Bertz CT molecular complexity index is 292. The highest BCUT2D eigenvalue weighted by atomic mass is 16.3. The Morgan fingerprint density at radius 3 is 2.48 bits per heavy atom. The van der Waals surface area contributed by atoms with Gasteiger partial charge >= 0.3 is 0 Å². The number of unbranched alkanes of at least 4 members (excludes halogenated alkanes) is 4. The van der Waals surface area contributed by atoms with Crippen molar-refractivity contribution in [2.45, 2.75) is 90.6 Å². The van der Waals surface area contributed by atoms with Gasteiger partial charge in [-0.1, -0.05) is 70.3 Å². The normalized spacial score (nSPS) is 23.2. The first-order valence-electron chi connectivity index (χ1n) is 9.27. The summed E-state index contributed by atoms with van der Waals surface area (Å²) in [4.78, 5) is 0. The molecule has 1 aliphatic rings. The SMILES string of the molecule is CCCC/C=C\CC[C@H]1C[C@@H]1C/C=C/[C@@H](O)CCCCC. The predicted molar refractivity (Wildman–Crippen MR) is 93.4 cm³/mol. The van der Waals surface area contributed by atoms with Crippen molar-refractivity contribution in [2.75, 3.05) is 0 Å². The number of allylic oxidation sites excluding steroid dienone is 3. The molecule has 1 N–H and O–H groups in total. The first-order valence-corrected chi connectivity index (χ1v) is 9.27. The Labute approximate surface area is 132 Å². The second kappa shape index (κ2) is 12.0. The van der Waals surface area contributed by atoms with Crippen molar-refractivity contribution in [3.63, 3.8) is 0 Å². The summed E-state index contributed by atoms with van der Waals surface area (Å²) in [6.07, 6.45) is 22.4. The third-order valence-electron chi connectivity index (χ3n) is 4.56. The number of rotatable bonds is 13. The molecule has 0 aromatic carbocycles. The van der Waals surface area contributed by atoms with Gasteiger partial charge in [0.05, 0.1) is 6.10 Å². The predicted octanol–water partition coefficient (Wildman–Crippen LogP) is 6.04. The van der Waals surface area contributed by atoms with Gasteiger partial charge in [0.1, 0.15) is 0 Å². The van der Waals surface area contributed by atoms with Crippen LogP contribution < -0.4 is 0 Å². The Hall–Kier alpha value is -0.560. The number of aliphatic hydroxyl groups is 1. The molecule has 0 aromatic heterocycles. The van der Waals surface area contributed by atoms with Crippen LogP contribution in [0.25, 0.3) is 0 Å². The third kappa shape index (κ3) is 9.90. The highest BCUT2D eigenvalue weighted by molar-refractivity contribution is 4.97. The Morgan fingerprint density at radius 1 is 0.952 bits per heavy atom. The van der Waals surface area contributed by atoms with Crippen molar-refractivity contribution in [1.82, 2.24) is 0 Å². The molecule has 0 bridgehead atoms. The lowest BCUT2D eigenvalue weighted by molar-refractivity contribution is 0.208. The molecule has 0 heterocycles. The Kier molecular flexibility index (Phi) is 10.6. The summed E-state index contributed by atoms with van der Waals surface area (Å²) >= 11 is 0. The zero-order valence-electron chi connectivity index (χ0n) is 14.3. The minimum Gasteiger partial charge on any atom is -0.389 e. The quantitative estimate of drug-likeness (QED) is 0.324. The maximum absolute atomic E-state index is 9.82. The molecule has 1 saturated carbocycles. The second-order valence-corrected chi connectivity index (χ2v) is 6.67. The average molecular weight is 293 g/mol. The second-order valence-electron chi connectivity index (χ2n) is 6.67. The van der Waals surface area contributed by atoms with E-state index in [0.29, 0.717) is 0 Å². The van der Waals surface area contributed by atoms with E-state index in [9.17, 15) is 5.11 Å². The lowest BCUT2D eigenvalue weighted by atomic mass is 10.1. The van der Waals surface area contributed by atoms with Gasteiger partial charge in [0, 0.05) is 0 Å². The van der Waals surface area contributed by atoms with E-state index in [2.05, 4.69) is 32.1 Å². The molecule has 1 heteroatoms. The zero-order chi connectivity index (χ0) is 15.3. The van der Waals surface area contributed by atoms with Crippen LogP contribution in [0.1, 0.15) is 84.5 Å². The highest BCUT2D eigenvalue weighted by Crippen LogP contribution is 2.44. The van der Waals surface area contributed by atoms with Gasteiger partial charge in [-0.3, -0.25) is 0 Å². The fourth-order valence-corrected chi connectivity index (χ4v) is 2.93. The molecule has 1 nitrogen and oxygen atoms in total. The van der Waals surface area contributed by atoms with Crippen LogP contribution in [-0.4, -0.2) is 11.2 Å². The lowest BCUT2D eigenvalue weighted by Gasteiger charge is -2.04. The van der Waals surface area contributed by atoms with E-state index in [1.54, 1.807) is 0 Å². The van der Waals surface area contributed by atoms with Crippen molar-refractivity contribution < 1.29 is 5.11 Å². The number of aliphatic hydroxyl groups excluding tert-OH is 1. The molecule has 0 aromatic rings. The third-order valence-corrected chi connectivity index (χ3v) is 4.56. The molecule has 0 saturated heterocycles. The lowest BCUT2D eigenvalue weighted by Crippen LogP contribution is -2.01. The van der Waals surface area contributed by atoms with Gasteiger partial charge in [-0.25, -0.2) is 0 Å². The molecule has 0 spiro atoms. The van der Waals surface area contributed by atoms with Gasteiger partial charge < -0.3 is 5.11 Å². The van der Waals surface area contributed by atoms with E-state index in [1.807, 2.05) is 6.08 Å². The summed E-state index contributed by atoms with van der Waals surface area (Å²) in [7, 11) is 0. The fourth-order valence-electron chi connectivity index (χ4n) is 2.93. The molecule has 3 atom stereocenters. The van der Waals surface area contributed by atoms with Gasteiger partial charge in [0.25, 0.3) is 0 Å². The summed E-state index contributed by atoms with van der Waals surface area (Å²) in [6.45, 7) is 4.45. The van der Waals surface area contributed by atoms with E-state index >= 15 is 0 Å². The molecule has 122 valence electrons. The number of hydrogen-bond donors (Lipinski definition) is 1. The van der Waals surface area contributed by atoms with E-state index in [1.165, 1.54) is 57.8 Å². The average Bonchev–Trinajstić information content (AvgIpc) is 3.21. The van der Waals surface area contributed by atoms with Crippen molar-refractivity contribution in [2.24, 2.45) is 11.8 Å².